The summed E-state index contributed by atoms with van der Waals surface area (Å²) in [7, 11) is 1.71. The van der Waals surface area contributed by atoms with Gasteiger partial charge in [0.05, 0.1) is 12.1 Å². The number of hydrogen-bond donors (Lipinski definition) is 0. The van der Waals surface area contributed by atoms with Crippen LogP contribution in [0.5, 0.6) is 5.75 Å². The summed E-state index contributed by atoms with van der Waals surface area (Å²) in [5.74, 6) is 0.410. The topological polar surface area (TPSA) is 46.6 Å². The van der Waals surface area contributed by atoms with Crippen LogP contribution in [0, 0.1) is 6.92 Å². The van der Waals surface area contributed by atoms with Crippen molar-refractivity contribution in [3.05, 3.63) is 101 Å². The van der Waals surface area contributed by atoms with Crippen LogP contribution in [0.3, 0.4) is 0 Å². The first kappa shape index (κ1) is 19.4. The largest absolute Gasteiger partial charge is 0.492 e. The number of likely N-dealkylation sites (N-methyl/N-ethyl adjacent to an activating group) is 1. The summed E-state index contributed by atoms with van der Waals surface area (Å²) in [5, 5.41) is 0. The van der Waals surface area contributed by atoms with Crippen LogP contribution in [0.2, 0.25) is 0 Å². The highest BCUT2D eigenvalue weighted by atomic mass is 16.5. The normalized spacial score (nSPS) is 10.4. The van der Waals surface area contributed by atoms with Crippen molar-refractivity contribution in [1.82, 2.24) is 4.90 Å². The average molecular weight is 373 g/mol. The van der Waals surface area contributed by atoms with E-state index in [2.05, 4.69) is 0 Å². The maximum Gasteiger partial charge on any atom is 0.254 e. The molecule has 0 bridgehead atoms. The van der Waals surface area contributed by atoms with Crippen LogP contribution in [0.1, 0.15) is 31.8 Å². The van der Waals surface area contributed by atoms with E-state index < -0.39 is 0 Å². The molecule has 3 rings (SSSR count). The van der Waals surface area contributed by atoms with Crippen LogP contribution in [-0.2, 0) is 0 Å². The van der Waals surface area contributed by atoms with Gasteiger partial charge < -0.3 is 9.64 Å². The van der Waals surface area contributed by atoms with Gasteiger partial charge in [0, 0.05) is 18.2 Å². The van der Waals surface area contributed by atoms with E-state index in [-0.39, 0.29) is 11.7 Å². The number of carbonyl (C=O) groups is 2. The number of ketones is 1. The Morgan fingerprint density at radius 3 is 2.11 bits per heavy atom. The minimum Gasteiger partial charge on any atom is -0.492 e. The number of carbonyl (C=O) groups excluding carboxylic acids is 2. The molecule has 0 heterocycles. The number of rotatable bonds is 7. The first-order chi connectivity index (χ1) is 13.6. The zero-order valence-electron chi connectivity index (χ0n) is 16.1. The maximum absolute atomic E-state index is 12.9. The fourth-order valence-corrected chi connectivity index (χ4v) is 2.85. The summed E-state index contributed by atoms with van der Waals surface area (Å²) in [6.07, 6.45) is 0. The molecule has 3 aromatic carbocycles. The third-order valence-electron chi connectivity index (χ3n) is 4.50. The SMILES string of the molecule is Cc1ccc(OCCN(C)C(=O)c2ccccc2C(=O)c2ccccc2)cc1. The minimum absolute atomic E-state index is 0.158. The number of nitrogens with zero attached hydrogens (tertiary/aromatic N) is 1. The number of hydrogen-bond acceptors (Lipinski definition) is 3. The van der Waals surface area contributed by atoms with Gasteiger partial charge in [0.1, 0.15) is 12.4 Å². The van der Waals surface area contributed by atoms with Crippen molar-refractivity contribution in [2.75, 3.05) is 20.2 Å². The van der Waals surface area contributed by atoms with E-state index in [0.29, 0.717) is 29.8 Å². The van der Waals surface area contributed by atoms with Gasteiger partial charge in [-0.25, -0.2) is 0 Å². The van der Waals surface area contributed by atoms with Crippen molar-refractivity contribution in [2.45, 2.75) is 6.92 Å². The van der Waals surface area contributed by atoms with Crippen molar-refractivity contribution in [1.29, 1.82) is 0 Å². The lowest BCUT2D eigenvalue weighted by Crippen LogP contribution is -2.32. The Morgan fingerprint density at radius 1 is 0.821 bits per heavy atom. The van der Waals surface area contributed by atoms with Gasteiger partial charge in [-0.15, -0.1) is 0 Å². The summed E-state index contributed by atoms with van der Waals surface area (Å²) >= 11 is 0. The molecule has 28 heavy (non-hydrogen) atoms. The first-order valence-corrected chi connectivity index (χ1v) is 9.20. The molecule has 1 amide bonds. The van der Waals surface area contributed by atoms with Gasteiger partial charge in [-0.3, -0.25) is 9.59 Å². The van der Waals surface area contributed by atoms with Gasteiger partial charge >= 0.3 is 0 Å². The molecule has 0 spiro atoms. The number of benzene rings is 3. The van der Waals surface area contributed by atoms with Crippen LogP contribution in [0.25, 0.3) is 0 Å². The smallest absolute Gasteiger partial charge is 0.254 e. The van der Waals surface area contributed by atoms with Gasteiger partial charge in [0.15, 0.2) is 5.78 Å². The van der Waals surface area contributed by atoms with Gasteiger partial charge in [-0.1, -0.05) is 66.2 Å². The van der Waals surface area contributed by atoms with Crippen molar-refractivity contribution in [3.63, 3.8) is 0 Å². The molecule has 0 atom stereocenters. The van der Waals surface area contributed by atoms with E-state index in [1.165, 1.54) is 5.56 Å². The van der Waals surface area contributed by atoms with Crippen molar-refractivity contribution in [2.24, 2.45) is 0 Å². The highest BCUT2D eigenvalue weighted by molar-refractivity contribution is 6.15. The Hall–Kier alpha value is -3.40. The lowest BCUT2D eigenvalue weighted by molar-refractivity contribution is 0.0769. The van der Waals surface area contributed by atoms with E-state index in [4.69, 9.17) is 4.74 Å². The number of ether oxygens (including phenoxy) is 1. The molecule has 142 valence electrons. The Bertz CT molecular complexity index is 949. The highest BCUT2D eigenvalue weighted by Gasteiger charge is 2.20. The molecule has 0 N–H and O–H groups in total. The summed E-state index contributed by atoms with van der Waals surface area (Å²) in [4.78, 5) is 27.3. The van der Waals surface area contributed by atoms with Crippen molar-refractivity contribution in [3.8, 4) is 5.75 Å². The van der Waals surface area contributed by atoms with E-state index in [1.54, 1.807) is 48.3 Å². The zero-order chi connectivity index (χ0) is 19.9. The molecule has 0 fully saturated rings. The molecule has 3 aromatic rings. The average Bonchev–Trinajstić information content (AvgIpc) is 2.74. The molecule has 0 saturated heterocycles. The Balaban J connectivity index is 1.68. The van der Waals surface area contributed by atoms with Crippen LogP contribution in [0.15, 0.2) is 78.9 Å². The van der Waals surface area contributed by atoms with Crippen LogP contribution in [-0.4, -0.2) is 36.8 Å². The van der Waals surface area contributed by atoms with Crippen molar-refractivity contribution < 1.29 is 14.3 Å². The van der Waals surface area contributed by atoms with E-state index in [1.807, 2.05) is 49.4 Å². The highest BCUT2D eigenvalue weighted by Crippen LogP contribution is 2.17. The number of amides is 1. The molecule has 0 aliphatic carbocycles. The predicted octanol–water partition coefficient (Wildman–Crippen LogP) is 4.38. The lowest BCUT2D eigenvalue weighted by Gasteiger charge is -2.19. The Kier molecular flexibility index (Phi) is 6.22. The Morgan fingerprint density at radius 2 is 1.43 bits per heavy atom. The molecular formula is C24H23NO3. The summed E-state index contributed by atoms with van der Waals surface area (Å²) in [5.41, 5.74) is 2.53. The molecule has 0 aliphatic rings. The number of aryl methyl sites for hydroxylation is 1. The summed E-state index contributed by atoms with van der Waals surface area (Å²) < 4.78 is 5.70. The maximum atomic E-state index is 12.9. The van der Waals surface area contributed by atoms with Crippen LogP contribution < -0.4 is 4.74 Å². The van der Waals surface area contributed by atoms with Crippen LogP contribution in [0.4, 0.5) is 0 Å². The third-order valence-corrected chi connectivity index (χ3v) is 4.50. The standard InChI is InChI=1S/C24H23NO3/c1-18-12-14-20(15-13-18)28-17-16-25(2)24(27)22-11-7-6-10-21(22)23(26)19-8-4-3-5-9-19/h3-15H,16-17H2,1-2H3. The third kappa shape index (κ3) is 4.65. The Labute approximate surface area is 165 Å². The van der Waals surface area contributed by atoms with Gasteiger partial charge in [0.25, 0.3) is 5.91 Å². The van der Waals surface area contributed by atoms with Crippen LogP contribution >= 0.6 is 0 Å². The molecule has 4 nitrogen and oxygen atoms in total. The second kappa shape index (κ2) is 9.00. The molecule has 4 heteroatoms. The van der Waals surface area contributed by atoms with Gasteiger partial charge in [-0.2, -0.15) is 0 Å². The molecule has 0 aliphatic heterocycles. The second-order valence-corrected chi connectivity index (χ2v) is 6.63. The van der Waals surface area contributed by atoms with E-state index in [0.717, 1.165) is 5.75 Å². The summed E-state index contributed by atoms with van der Waals surface area (Å²) in [6, 6.07) is 23.7. The van der Waals surface area contributed by atoms with Gasteiger partial charge in [-0.05, 0) is 25.1 Å². The minimum atomic E-state index is -0.201. The summed E-state index contributed by atoms with van der Waals surface area (Å²) in [6.45, 7) is 2.81. The van der Waals surface area contributed by atoms with Crippen molar-refractivity contribution >= 4 is 11.7 Å². The molecule has 0 radical (unpaired) electrons. The molecule has 0 saturated carbocycles. The second-order valence-electron chi connectivity index (χ2n) is 6.63. The van der Waals surface area contributed by atoms with E-state index >= 15 is 0 Å². The zero-order valence-corrected chi connectivity index (χ0v) is 16.1. The molecule has 0 aromatic heterocycles. The van der Waals surface area contributed by atoms with E-state index in [9.17, 15) is 9.59 Å². The monoisotopic (exact) mass is 373 g/mol. The van der Waals surface area contributed by atoms with Gasteiger partial charge in [0.2, 0.25) is 0 Å². The quantitative estimate of drug-likeness (QED) is 0.578. The fourth-order valence-electron chi connectivity index (χ4n) is 2.85. The fraction of sp³-hybridized carbons (Fsp3) is 0.167. The molecular weight excluding hydrogens is 350 g/mol. The predicted molar refractivity (Wildman–Crippen MR) is 110 cm³/mol. The lowest BCUT2D eigenvalue weighted by atomic mass is 9.97. The first-order valence-electron chi connectivity index (χ1n) is 9.20. The molecule has 0 unspecified atom stereocenters.